The molecule has 2 heterocycles. The van der Waals surface area contributed by atoms with E-state index in [1.807, 2.05) is 121 Å². The topological polar surface area (TPSA) is 108 Å². The molecule has 48 heavy (non-hydrogen) atoms. The lowest BCUT2D eigenvalue weighted by molar-refractivity contribution is 0.0526. The highest BCUT2D eigenvalue weighted by molar-refractivity contribution is 7.86. The summed E-state index contributed by atoms with van der Waals surface area (Å²) in [6.07, 6.45) is 2.64. The number of nitrogens with zero attached hydrogens (tertiary/aromatic N) is 3. The van der Waals surface area contributed by atoms with Crippen LogP contribution in [0.2, 0.25) is 0 Å². The van der Waals surface area contributed by atoms with Gasteiger partial charge in [0.2, 0.25) is 0 Å². The molecule has 0 radical (unpaired) electrons. The zero-order valence-corrected chi connectivity index (χ0v) is 27.4. The Hall–Kier alpha value is -5.06. The Bertz CT molecular complexity index is 1950. The van der Waals surface area contributed by atoms with Crippen LogP contribution in [-0.2, 0) is 27.5 Å². The number of ether oxygens (including phenoxy) is 1. The first-order valence-electron chi connectivity index (χ1n) is 15.9. The second kappa shape index (κ2) is 14.8. The van der Waals surface area contributed by atoms with Gasteiger partial charge in [-0.25, -0.2) is 0 Å². The fraction of sp³-hybridized carbons (Fsp3) is 0.237. The zero-order valence-electron chi connectivity index (χ0n) is 26.6. The van der Waals surface area contributed by atoms with Gasteiger partial charge in [0, 0.05) is 12.5 Å². The minimum Gasteiger partial charge on any atom is -0.483 e. The third-order valence-corrected chi connectivity index (χ3v) is 9.00. The predicted molar refractivity (Wildman–Crippen MR) is 183 cm³/mol. The fourth-order valence-corrected chi connectivity index (χ4v) is 6.94. The van der Waals surface area contributed by atoms with Crippen LogP contribution in [0, 0.1) is 0 Å². The molecule has 0 bridgehead atoms. The van der Waals surface area contributed by atoms with Gasteiger partial charge in [-0.1, -0.05) is 121 Å². The summed E-state index contributed by atoms with van der Waals surface area (Å²) in [7, 11) is -3.96. The molecule has 246 valence electrons. The number of hydrogen-bond acceptors (Lipinski definition) is 7. The summed E-state index contributed by atoms with van der Waals surface area (Å²) in [5.41, 5.74) is 2.55. The number of carbonyl (C=O) groups excluding carboxylic acids is 1. The summed E-state index contributed by atoms with van der Waals surface area (Å²) < 4.78 is 39.1. The first-order chi connectivity index (χ1) is 23.3. The smallest absolute Gasteiger partial charge is 0.278 e. The van der Waals surface area contributed by atoms with E-state index in [2.05, 4.69) is 5.10 Å². The Morgan fingerprint density at radius 1 is 0.833 bits per heavy atom. The predicted octanol–water partition coefficient (Wildman–Crippen LogP) is 5.65. The molecule has 2 atom stereocenters. The van der Waals surface area contributed by atoms with E-state index < -0.39 is 39.5 Å². The maximum atomic E-state index is 14.5. The SMILES string of the molecule is CS(=O)(=O)OC(C(c1ccccc1)c1ccccc1)C1CCCN1C(=O)c1nn(Cc2ccccc2)cc(OCc2ccccc2)c1=O. The van der Waals surface area contributed by atoms with Crippen LogP contribution in [-0.4, -0.2) is 54.0 Å². The van der Waals surface area contributed by atoms with Crippen LogP contribution in [0.4, 0.5) is 0 Å². The molecule has 0 N–H and O–H groups in total. The molecule has 4 aromatic carbocycles. The molecule has 6 rings (SSSR count). The third kappa shape index (κ3) is 7.90. The van der Waals surface area contributed by atoms with Crippen molar-refractivity contribution in [1.82, 2.24) is 14.7 Å². The van der Waals surface area contributed by atoms with E-state index in [0.717, 1.165) is 28.5 Å². The maximum Gasteiger partial charge on any atom is 0.278 e. The van der Waals surface area contributed by atoms with Gasteiger partial charge in [0.05, 0.1) is 25.0 Å². The average molecular weight is 664 g/mol. The van der Waals surface area contributed by atoms with Gasteiger partial charge in [-0.3, -0.25) is 18.5 Å². The van der Waals surface area contributed by atoms with E-state index in [1.165, 1.54) is 10.9 Å². The Kier molecular flexibility index (Phi) is 10.1. The maximum absolute atomic E-state index is 14.5. The number of rotatable bonds is 12. The van der Waals surface area contributed by atoms with Crippen LogP contribution in [0.15, 0.2) is 132 Å². The quantitative estimate of drug-likeness (QED) is 0.159. The molecule has 1 amide bonds. The van der Waals surface area contributed by atoms with Gasteiger partial charge in [-0.15, -0.1) is 0 Å². The second-order valence-corrected chi connectivity index (χ2v) is 13.5. The first kappa shape index (κ1) is 32.9. The van der Waals surface area contributed by atoms with Crippen molar-refractivity contribution >= 4 is 16.0 Å². The normalized spacial score (nSPS) is 15.4. The third-order valence-electron chi connectivity index (χ3n) is 8.43. The van der Waals surface area contributed by atoms with E-state index in [9.17, 15) is 18.0 Å². The molecule has 1 saturated heterocycles. The van der Waals surface area contributed by atoms with Crippen molar-refractivity contribution in [2.45, 2.75) is 44.1 Å². The Morgan fingerprint density at radius 2 is 1.38 bits per heavy atom. The second-order valence-electron chi connectivity index (χ2n) is 11.9. The van der Waals surface area contributed by atoms with E-state index in [0.29, 0.717) is 25.9 Å². The van der Waals surface area contributed by atoms with Crippen molar-refractivity contribution < 1.29 is 22.1 Å². The van der Waals surface area contributed by atoms with Crippen LogP contribution in [0.5, 0.6) is 5.75 Å². The van der Waals surface area contributed by atoms with Gasteiger partial charge in [-0.05, 0) is 35.1 Å². The Morgan fingerprint density at radius 3 is 1.94 bits per heavy atom. The van der Waals surface area contributed by atoms with Crippen molar-refractivity contribution in [3.8, 4) is 5.75 Å². The Balaban J connectivity index is 1.40. The van der Waals surface area contributed by atoms with Crippen LogP contribution >= 0.6 is 0 Å². The number of carbonyl (C=O) groups is 1. The van der Waals surface area contributed by atoms with Crippen molar-refractivity contribution in [2.75, 3.05) is 12.8 Å². The summed E-state index contributed by atoms with van der Waals surface area (Å²) >= 11 is 0. The lowest BCUT2D eigenvalue weighted by atomic mass is 9.83. The average Bonchev–Trinajstić information content (AvgIpc) is 3.59. The molecule has 2 unspecified atom stereocenters. The number of hydrogen-bond donors (Lipinski definition) is 0. The molecule has 1 fully saturated rings. The van der Waals surface area contributed by atoms with Gasteiger partial charge in [0.15, 0.2) is 11.4 Å². The minimum absolute atomic E-state index is 0.000681. The van der Waals surface area contributed by atoms with Gasteiger partial charge < -0.3 is 9.64 Å². The number of benzene rings is 4. The van der Waals surface area contributed by atoms with Gasteiger partial charge >= 0.3 is 0 Å². The number of aromatic nitrogens is 2. The molecular formula is C38H37N3O6S. The Labute approximate surface area is 280 Å². The molecule has 5 aromatic rings. The highest BCUT2D eigenvalue weighted by atomic mass is 32.2. The minimum atomic E-state index is -3.96. The summed E-state index contributed by atoms with van der Waals surface area (Å²) in [5, 5.41) is 4.53. The summed E-state index contributed by atoms with van der Waals surface area (Å²) in [4.78, 5) is 29.9. The summed E-state index contributed by atoms with van der Waals surface area (Å²) in [6.45, 7) is 0.736. The highest BCUT2D eigenvalue weighted by Gasteiger charge is 2.43. The van der Waals surface area contributed by atoms with Crippen molar-refractivity contribution in [1.29, 1.82) is 0 Å². The van der Waals surface area contributed by atoms with Gasteiger partial charge in [0.25, 0.3) is 21.5 Å². The van der Waals surface area contributed by atoms with Crippen LogP contribution in [0.25, 0.3) is 0 Å². The molecule has 1 aliphatic rings. The molecule has 1 aromatic heterocycles. The summed E-state index contributed by atoms with van der Waals surface area (Å²) in [5.74, 6) is -1.13. The standard InChI is InChI=1S/C38H37N3O6S/c1-48(44,45)47-37(34(30-19-10-4-11-20-30)31-21-12-5-13-22-31)32-23-14-24-41(32)38(43)35-36(42)33(46-27-29-17-8-3-9-18-29)26-40(39-35)25-28-15-6-2-7-16-28/h2-13,15-22,26,32,34,37H,14,23-25,27H2,1H3. The molecule has 0 spiro atoms. The van der Waals surface area contributed by atoms with E-state index in [4.69, 9.17) is 8.92 Å². The van der Waals surface area contributed by atoms with Crippen LogP contribution in [0.1, 0.15) is 51.5 Å². The van der Waals surface area contributed by atoms with E-state index in [-0.39, 0.29) is 18.1 Å². The first-order valence-corrected chi connectivity index (χ1v) is 17.7. The number of amides is 1. The van der Waals surface area contributed by atoms with Crippen molar-refractivity contribution in [3.63, 3.8) is 0 Å². The summed E-state index contributed by atoms with van der Waals surface area (Å²) in [6, 6.07) is 37.4. The molecule has 0 aliphatic carbocycles. The van der Waals surface area contributed by atoms with E-state index >= 15 is 0 Å². The fourth-order valence-electron chi connectivity index (χ4n) is 6.30. The van der Waals surface area contributed by atoms with Crippen LogP contribution < -0.4 is 10.2 Å². The zero-order chi connectivity index (χ0) is 33.5. The van der Waals surface area contributed by atoms with Crippen molar-refractivity contribution in [2.24, 2.45) is 0 Å². The van der Waals surface area contributed by atoms with Gasteiger partial charge in [-0.2, -0.15) is 13.5 Å². The monoisotopic (exact) mass is 663 g/mol. The van der Waals surface area contributed by atoms with Crippen molar-refractivity contribution in [3.05, 3.63) is 166 Å². The molecule has 10 heteroatoms. The molecular weight excluding hydrogens is 627 g/mol. The molecule has 9 nitrogen and oxygen atoms in total. The number of likely N-dealkylation sites (tertiary alicyclic amines) is 1. The molecule has 0 saturated carbocycles. The largest absolute Gasteiger partial charge is 0.483 e. The lowest BCUT2D eigenvalue weighted by Gasteiger charge is -2.36. The van der Waals surface area contributed by atoms with Crippen LogP contribution in [0.3, 0.4) is 0 Å². The van der Waals surface area contributed by atoms with E-state index in [1.54, 1.807) is 4.90 Å². The highest BCUT2D eigenvalue weighted by Crippen LogP contribution is 2.37. The lowest BCUT2D eigenvalue weighted by Crippen LogP contribution is -2.48. The van der Waals surface area contributed by atoms with Gasteiger partial charge in [0.1, 0.15) is 12.7 Å². The molecule has 1 aliphatic heterocycles.